The largest absolute Gasteiger partial charge is 0.478 e. The van der Waals surface area contributed by atoms with Crippen molar-refractivity contribution in [1.29, 1.82) is 0 Å². The first-order valence-corrected chi connectivity index (χ1v) is 9.02. The highest BCUT2D eigenvalue weighted by Crippen LogP contribution is 2.31. The van der Waals surface area contributed by atoms with Gasteiger partial charge in [-0.05, 0) is 49.6 Å². The lowest BCUT2D eigenvalue weighted by atomic mass is 9.94. The van der Waals surface area contributed by atoms with E-state index in [4.69, 9.17) is 4.74 Å². The molecular formula is C23H24O6. The summed E-state index contributed by atoms with van der Waals surface area (Å²) in [4.78, 5) is 35.8. The van der Waals surface area contributed by atoms with Gasteiger partial charge >= 0.3 is 17.9 Å². The molecule has 2 aromatic rings. The SMILES string of the molecule is COC(=O)/C=C/c1ccc(-c2ccccc2)cc1[C@H](OC(=O)C(C)(C)C)C(=O)O. The number of hydrogen-bond donors (Lipinski definition) is 1. The lowest BCUT2D eigenvalue weighted by Crippen LogP contribution is -2.28. The average Bonchev–Trinajstić information content (AvgIpc) is 2.69. The van der Waals surface area contributed by atoms with Gasteiger partial charge in [0.1, 0.15) is 0 Å². The molecular weight excluding hydrogens is 372 g/mol. The summed E-state index contributed by atoms with van der Waals surface area (Å²) in [6.07, 6.45) is 1.10. The van der Waals surface area contributed by atoms with Gasteiger partial charge in [0.25, 0.3) is 0 Å². The molecule has 2 rings (SSSR count). The maximum Gasteiger partial charge on any atom is 0.349 e. The zero-order valence-corrected chi connectivity index (χ0v) is 16.8. The molecule has 29 heavy (non-hydrogen) atoms. The zero-order chi connectivity index (χ0) is 21.6. The van der Waals surface area contributed by atoms with E-state index in [-0.39, 0.29) is 5.56 Å². The van der Waals surface area contributed by atoms with Crippen molar-refractivity contribution in [2.75, 3.05) is 7.11 Å². The minimum absolute atomic E-state index is 0.261. The number of carbonyl (C=O) groups excluding carboxylic acids is 2. The molecule has 1 N–H and O–H groups in total. The molecule has 0 radical (unpaired) electrons. The lowest BCUT2D eigenvalue weighted by Gasteiger charge is -2.22. The molecule has 0 bridgehead atoms. The average molecular weight is 396 g/mol. The van der Waals surface area contributed by atoms with Crippen LogP contribution in [0.15, 0.2) is 54.6 Å². The number of carboxylic acids is 1. The van der Waals surface area contributed by atoms with Crippen LogP contribution in [-0.2, 0) is 23.9 Å². The van der Waals surface area contributed by atoms with Crippen molar-refractivity contribution in [3.63, 3.8) is 0 Å². The quantitative estimate of drug-likeness (QED) is 0.580. The van der Waals surface area contributed by atoms with E-state index in [2.05, 4.69) is 4.74 Å². The summed E-state index contributed by atoms with van der Waals surface area (Å²) in [6, 6.07) is 14.5. The Hall–Kier alpha value is -3.41. The minimum Gasteiger partial charge on any atom is -0.478 e. The standard InChI is InChI=1S/C23H24O6/c1-23(2,3)22(27)29-20(21(25)26)18-14-17(15-8-6-5-7-9-15)11-10-16(18)12-13-19(24)28-4/h5-14,20H,1-4H3,(H,25,26)/b13-12+/t20-/m0/s1. The zero-order valence-electron chi connectivity index (χ0n) is 16.8. The van der Waals surface area contributed by atoms with Crippen LogP contribution in [-0.4, -0.2) is 30.1 Å². The number of carboxylic acid groups (broad SMARTS) is 1. The molecule has 0 saturated heterocycles. The van der Waals surface area contributed by atoms with Gasteiger partial charge in [0.15, 0.2) is 0 Å². The molecule has 1 atom stereocenters. The van der Waals surface area contributed by atoms with Crippen molar-refractivity contribution >= 4 is 24.0 Å². The van der Waals surface area contributed by atoms with Crippen molar-refractivity contribution in [3.8, 4) is 11.1 Å². The van der Waals surface area contributed by atoms with Gasteiger partial charge in [0.05, 0.1) is 12.5 Å². The van der Waals surface area contributed by atoms with Crippen LogP contribution in [0.2, 0.25) is 0 Å². The summed E-state index contributed by atoms with van der Waals surface area (Å²) in [6.45, 7) is 4.94. The van der Waals surface area contributed by atoms with E-state index in [0.717, 1.165) is 11.1 Å². The first kappa shape index (κ1) is 21.9. The topological polar surface area (TPSA) is 89.9 Å². The number of rotatable bonds is 6. The fourth-order valence-electron chi connectivity index (χ4n) is 2.52. The van der Waals surface area contributed by atoms with Gasteiger partial charge in [0, 0.05) is 11.6 Å². The summed E-state index contributed by atoms with van der Waals surface area (Å²) in [5, 5.41) is 9.76. The van der Waals surface area contributed by atoms with E-state index < -0.39 is 29.4 Å². The number of aliphatic carboxylic acids is 1. The Morgan fingerprint density at radius 1 is 1.00 bits per heavy atom. The number of carbonyl (C=O) groups is 3. The first-order chi connectivity index (χ1) is 13.6. The van der Waals surface area contributed by atoms with Gasteiger partial charge < -0.3 is 14.6 Å². The van der Waals surface area contributed by atoms with E-state index in [9.17, 15) is 19.5 Å². The van der Waals surface area contributed by atoms with E-state index in [1.54, 1.807) is 39.0 Å². The van der Waals surface area contributed by atoms with Crippen molar-refractivity contribution in [2.24, 2.45) is 5.41 Å². The van der Waals surface area contributed by atoms with E-state index in [1.165, 1.54) is 19.3 Å². The number of hydrogen-bond acceptors (Lipinski definition) is 5. The highest BCUT2D eigenvalue weighted by Gasteiger charge is 2.32. The third-order valence-corrected chi connectivity index (χ3v) is 4.14. The third kappa shape index (κ3) is 5.78. The predicted molar refractivity (Wildman–Crippen MR) is 109 cm³/mol. The molecule has 0 saturated carbocycles. The van der Waals surface area contributed by atoms with Crippen LogP contribution < -0.4 is 0 Å². The minimum atomic E-state index is -1.53. The Labute approximate surface area is 169 Å². The molecule has 152 valence electrons. The number of methoxy groups -OCH3 is 1. The normalized spacial score (nSPS) is 12.4. The van der Waals surface area contributed by atoms with Crippen LogP contribution in [0.25, 0.3) is 17.2 Å². The summed E-state index contributed by atoms with van der Waals surface area (Å²) < 4.78 is 9.93. The molecule has 0 aliphatic rings. The van der Waals surface area contributed by atoms with Gasteiger partial charge in [-0.15, -0.1) is 0 Å². The second-order valence-corrected chi connectivity index (χ2v) is 7.44. The number of benzene rings is 2. The van der Waals surface area contributed by atoms with Crippen molar-refractivity contribution < 1.29 is 29.0 Å². The van der Waals surface area contributed by atoms with Crippen LogP contribution in [0.4, 0.5) is 0 Å². The number of ether oxygens (including phenoxy) is 2. The second kappa shape index (κ2) is 9.19. The van der Waals surface area contributed by atoms with Gasteiger partial charge in [-0.3, -0.25) is 4.79 Å². The molecule has 0 aliphatic heterocycles. The molecule has 0 amide bonds. The summed E-state index contributed by atoms with van der Waals surface area (Å²) in [5.74, 6) is -2.53. The van der Waals surface area contributed by atoms with Crippen LogP contribution >= 0.6 is 0 Å². The van der Waals surface area contributed by atoms with Crippen LogP contribution in [0.3, 0.4) is 0 Å². The molecule has 0 heterocycles. The Morgan fingerprint density at radius 2 is 1.66 bits per heavy atom. The molecule has 2 aromatic carbocycles. The van der Waals surface area contributed by atoms with Crippen LogP contribution in [0.5, 0.6) is 0 Å². The summed E-state index contributed by atoms with van der Waals surface area (Å²) in [5.41, 5.74) is 1.46. The maximum absolute atomic E-state index is 12.4. The Balaban J connectivity index is 2.58. The fraction of sp³-hybridized carbons (Fsp3) is 0.261. The Morgan fingerprint density at radius 3 is 2.21 bits per heavy atom. The molecule has 0 aromatic heterocycles. The van der Waals surface area contributed by atoms with Crippen LogP contribution in [0.1, 0.15) is 38.0 Å². The molecule has 6 nitrogen and oxygen atoms in total. The fourth-order valence-corrected chi connectivity index (χ4v) is 2.52. The van der Waals surface area contributed by atoms with Gasteiger partial charge in [-0.2, -0.15) is 0 Å². The number of esters is 2. The van der Waals surface area contributed by atoms with Crippen molar-refractivity contribution in [3.05, 3.63) is 65.7 Å². The Bertz CT molecular complexity index is 922. The first-order valence-electron chi connectivity index (χ1n) is 9.02. The summed E-state index contributed by atoms with van der Waals surface area (Å²) in [7, 11) is 1.25. The van der Waals surface area contributed by atoms with E-state index in [1.807, 2.05) is 30.3 Å². The van der Waals surface area contributed by atoms with Gasteiger partial charge in [-0.25, -0.2) is 9.59 Å². The maximum atomic E-state index is 12.4. The smallest absolute Gasteiger partial charge is 0.349 e. The predicted octanol–water partition coefficient (Wildman–Crippen LogP) is 4.25. The van der Waals surface area contributed by atoms with Gasteiger partial charge in [-0.1, -0.05) is 42.5 Å². The van der Waals surface area contributed by atoms with Gasteiger partial charge in [0.2, 0.25) is 6.10 Å². The van der Waals surface area contributed by atoms with E-state index >= 15 is 0 Å². The molecule has 0 aliphatic carbocycles. The Kier molecular flexibility index (Phi) is 6.93. The van der Waals surface area contributed by atoms with Crippen molar-refractivity contribution in [2.45, 2.75) is 26.9 Å². The van der Waals surface area contributed by atoms with Crippen molar-refractivity contribution in [1.82, 2.24) is 0 Å². The molecule has 0 spiro atoms. The monoisotopic (exact) mass is 396 g/mol. The van der Waals surface area contributed by atoms with E-state index in [0.29, 0.717) is 5.56 Å². The summed E-state index contributed by atoms with van der Waals surface area (Å²) >= 11 is 0. The molecule has 6 heteroatoms. The van der Waals surface area contributed by atoms with Crippen LogP contribution in [0, 0.1) is 5.41 Å². The molecule has 0 unspecified atom stereocenters. The third-order valence-electron chi connectivity index (χ3n) is 4.14. The second-order valence-electron chi connectivity index (χ2n) is 7.44. The highest BCUT2D eigenvalue weighted by molar-refractivity contribution is 5.89. The highest BCUT2D eigenvalue weighted by atomic mass is 16.6. The molecule has 0 fully saturated rings. The lowest BCUT2D eigenvalue weighted by molar-refractivity contribution is -0.170.